The quantitative estimate of drug-likeness (QED) is 0.294. The van der Waals surface area contributed by atoms with Crippen LogP contribution in [0, 0.1) is 20.8 Å². The van der Waals surface area contributed by atoms with Gasteiger partial charge in [-0.1, -0.05) is 34.1 Å². The molecule has 160 valence electrons. The van der Waals surface area contributed by atoms with E-state index >= 15 is 0 Å². The molecular formula is C26H22BrN3O2. The lowest BCUT2D eigenvalue weighted by molar-refractivity contribution is 0.174. The first-order valence-corrected chi connectivity index (χ1v) is 11.4. The van der Waals surface area contributed by atoms with Gasteiger partial charge in [0, 0.05) is 44.9 Å². The van der Waals surface area contributed by atoms with Crippen LogP contribution in [0.4, 0.5) is 0 Å². The Bertz CT molecular complexity index is 1510. The second-order valence-corrected chi connectivity index (χ2v) is 9.26. The van der Waals surface area contributed by atoms with Crippen LogP contribution >= 0.6 is 15.9 Å². The molecule has 1 aliphatic rings. The van der Waals surface area contributed by atoms with Crippen molar-refractivity contribution in [2.75, 3.05) is 6.79 Å². The molecule has 4 heterocycles. The van der Waals surface area contributed by atoms with Crippen LogP contribution in [0.5, 0.6) is 11.5 Å². The Morgan fingerprint density at radius 1 is 0.875 bits per heavy atom. The zero-order valence-electron chi connectivity index (χ0n) is 18.1. The number of aryl methyl sites for hydroxylation is 3. The molecule has 0 N–H and O–H groups in total. The Balaban J connectivity index is 1.51. The highest BCUT2D eigenvalue weighted by molar-refractivity contribution is 9.10. The molecule has 0 saturated heterocycles. The molecule has 3 aromatic heterocycles. The van der Waals surface area contributed by atoms with Crippen molar-refractivity contribution in [1.82, 2.24) is 14.2 Å². The van der Waals surface area contributed by atoms with Crippen molar-refractivity contribution < 1.29 is 9.47 Å². The Kier molecular flexibility index (Phi) is 4.33. The average Bonchev–Trinajstić information content (AvgIpc) is 3.47. The molecule has 0 bridgehead atoms. The predicted molar refractivity (Wildman–Crippen MR) is 130 cm³/mol. The van der Waals surface area contributed by atoms with Crippen molar-refractivity contribution in [3.8, 4) is 22.6 Å². The van der Waals surface area contributed by atoms with Crippen LogP contribution in [-0.2, 0) is 6.54 Å². The molecule has 2 aromatic carbocycles. The molecule has 0 fully saturated rings. The molecule has 0 aliphatic carbocycles. The summed E-state index contributed by atoms with van der Waals surface area (Å²) in [5, 5.41) is 7.39. The maximum Gasteiger partial charge on any atom is 0.231 e. The molecule has 0 amide bonds. The molecule has 5 nitrogen and oxygen atoms in total. The van der Waals surface area contributed by atoms with Gasteiger partial charge >= 0.3 is 0 Å². The fourth-order valence-corrected chi connectivity index (χ4v) is 5.10. The molecule has 0 spiro atoms. The molecule has 0 unspecified atom stereocenters. The zero-order chi connectivity index (χ0) is 22.0. The van der Waals surface area contributed by atoms with Crippen LogP contribution < -0.4 is 9.47 Å². The van der Waals surface area contributed by atoms with Crippen molar-refractivity contribution >= 4 is 32.2 Å². The van der Waals surface area contributed by atoms with Crippen LogP contribution in [0.25, 0.3) is 27.4 Å². The molecule has 0 atom stereocenters. The second-order valence-electron chi connectivity index (χ2n) is 8.35. The zero-order valence-corrected chi connectivity index (χ0v) is 19.7. The number of rotatable bonds is 3. The smallest absolute Gasteiger partial charge is 0.231 e. The van der Waals surface area contributed by atoms with Crippen molar-refractivity contribution in [2.24, 2.45) is 0 Å². The lowest BCUT2D eigenvalue weighted by Crippen LogP contribution is -2.03. The van der Waals surface area contributed by atoms with Crippen molar-refractivity contribution in [1.29, 1.82) is 0 Å². The number of benzene rings is 2. The van der Waals surface area contributed by atoms with Crippen LogP contribution in [0.2, 0.25) is 0 Å². The molecule has 1 aliphatic heterocycles. The van der Waals surface area contributed by atoms with Crippen LogP contribution in [-0.4, -0.2) is 21.0 Å². The van der Waals surface area contributed by atoms with E-state index in [9.17, 15) is 0 Å². The summed E-state index contributed by atoms with van der Waals surface area (Å²) in [5.74, 6) is 1.63. The molecular weight excluding hydrogens is 466 g/mol. The van der Waals surface area contributed by atoms with Crippen molar-refractivity contribution in [2.45, 2.75) is 27.3 Å². The number of aromatic nitrogens is 3. The number of hydrogen-bond acceptors (Lipinski definition) is 3. The standard InChI is InChI=1S/C26H22BrN3O2/c1-15-25-16(2)29(12-18-4-9-23-24(10-18)32-14-31-23)17(3)26(25)22-11-20(13-30(22)28-15)19-5-7-21(27)8-6-19/h4-11,13H,12,14H2,1-3H3. The second kappa shape index (κ2) is 7.14. The fraction of sp³-hybridized carbons (Fsp3) is 0.192. The maximum absolute atomic E-state index is 5.58. The highest BCUT2D eigenvalue weighted by Gasteiger charge is 2.20. The highest BCUT2D eigenvalue weighted by atomic mass is 79.9. The monoisotopic (exact) mass is 487 g/mol. The summed E-state index contributed by atoms with van der Waals surface area (Å²) in [6, 6.07) is 16.8. The first-order chi connectivity index (χ1) is 15.5. The van der Waals surface area contributed by atoms with Gasteiger partial charge in [-0.2, -0.15) is 5.10 Å². The van der Waals surface area contributed by atoms with E-state index in [-0.39, 0.29) is 0 Å². The SMILES string of the molecule is Cc1nn2cc(-c3ccc(Br)cc3)cc2c2c(C)n(Cc3ccc4c(c3)OCO4)c(C)c12. The first kappa shape index (κ1) is 19.4. The molecule has 5 aromatic rings. The predicted octanol–water partition coefficient (Wildman–Crippen LogP) is 6.42. The van der Waals surface area contributed by atoms with Gasteiger partial charge in [0.1, 0.15) is 0 Å². The van der Waals surface area contributed by atoms with Gasteiger partial charge in [-0.25, -0.2) is 4.52 Å². The summed E-state index contributed by atoms with van der Waals surface area (Å²) < 4.78 is 16.5. The Morgan fingerprint density at radius 2 is 1.62 bits per heavy atom. The summed E-state index contributed by atoms with van der Waals surface area (Å²) in [6.45, 7) is 7.55. The molecule has 6 heteroatoms. The van der Waals surface area contributed by atoms with Crippen molar-refractivity contribution in [3.05, 3.63) is 81.8 Å². The number of nitrogens with zero attached hydrogens (tertiary/aromatic N) is 3. The average molecular weight is 488 g/mol. The Morgan fingerprint density at radius 3 is 2.44 bits per heavy atom. The number of halogens is 1. The van der Waals surface area contributed by atoms with Crippen LogP contribution in [0.3, 0.4) is 0 Å². The first-order valence-electron chi connectivity index (χ1n) is 10.6. The molecule has 6 rings (SSSR count). The summed E-state index contributed by atoms with van der Waals surface area (Å²) in [5.41, 5.74) is 8.17. The molecule has 32 heavy (non-hydrogen) atoms. The van der Waals surface area contributed by atoms with E-state index < -0.39 is 0 Å². The largest absolute Gasteiger partial charge is 0.454 e. The van der Waals surface area contributed by atoms with E-state index in [0.717, 1.165) is 39.3 Å². The van der Waals surface area contributed by atoms with E-state index in [2.05, 4.69) is 89.9 Å². The van der Waals surface area contributed by atoms with Crippen LogP contribution in [0.15, 0.2) is 59.2 Å². The Labute approximate surface area is 194 Å². The van der Waals surface area contributed by atoms with Crippen molar-refractivity contribution in [3.63, 3.8) is 0 Å². The minimum atomic E-state index is 0.294. The van der Waals surface area contributed by atoms with Gasteiger partial charge in [0.2, 0.25) is 6.79 Å². The minimum Gasteiger partial charge on any atom is -0.454 e. The van der Waals surface area contributed by atoms with E-state index in [4.69, 9.17) is 14.6 Å². The third kappa shape index (κ3) is 2.93. The third-order valence-electron chi connectivity index (χ3n) is 6.41. The van der Waals surface area contributed by atoms with Gasteiger partial charge in [0.05, 0.1) is 11.2 Å². The normalized spacial score (nSPS) is 12.9. The minimum absolute atomic E-state index is 0.294. The van der Waals surface area contributed by atoms with E-state index in [1.165, 1.54) is 33.3 Å². The summed E-state index contributed by atoms with van der Waals surface area (Å²) in [4.78, 5) is 0. The van der Waals surface area contributed by atoms with Gasteiger partial charge in [-0.15, -0.1) is 0 Å². The Hall–Kier alpha value is -3.25. The highest BCUT2D eigenvalue weighted by Crippen LogP contribution is 2.36. The fourth-order valence-electron chi connectivity index (χ4n) is 4.83. The summed E-state index contributed by atoms with van der Waals surface area (Å²) in [7, 11) is 0. The van der Waals surface area contributed by atoms with Gasteiger partial charge < -0.3 is 14.0 Å². The van der Waals surface area contributed by atoms with Gasteiger partial charge in [0.15, 0.2) is 11.5 Å². The number of fused-ring (bicyclic) bond motifs is 4. The lowest BCUT2D eigenvalue weighted by Gasteiger charge is -2.10. The number of ether oxygens (including phenoxy) is 2. The summed E-state index contributed by atoms with van der Waals surface area (Å²) in [6.07, 6.45) is 2.12. The maximum atomic E-state index is 5.58. The lowest BCUT2D eigenvalue weighted by atomic mass is 10.1. The third-order valence-corrected chi connectivity index (χ3v) is 6.94. The van der Waals surface area contributed by atoms with Crippen LogP contribution in [0.1, 0.15) is 22.6 Å². The molecule has 0 radical (unpaired) electrons. The van der Waals surface area contributed by atoms with E-state index in [1.54, 1.807) is 0 Å². The summed E-state index contributed by atoms with van der Waals surface area (Å²) >= 11 is 3.52. The van der Waals surface area contributed by atoms with Gasteiger partial charge in [0.25, 0.3) is 0 Å². The van der Waals surface area contributed by atoms with Gasteiger partial charge in [-0.3, -0.25) is 0 Å². The van der Waals surface area contributed by atoms with Gasteiger partial charge in [-0.05, 0) is 62.2 Å². The molecule has 0 saturated carbocycles. The number of hydrogen-bond donors (Lipinski definition) is 0. The topological polar surface area (TPSA) is 40.7 Å². The van der Waals surface area contributed by atoms with E-state index in [1.807, 2.05) is 10.6 Å². The van der Waals surface area contributed by atoms with E-state index in [0.29, 0.717) is 6.79 Å².